The Morgan fingerprint density at radius 3 is 2.91 bits per heavy atom. The number of aliphatic hydroxyl groups excluding tert-OH is 1. The van der Waals surface area contributed by atoms with Gasteiger partial charge in [-0.15, -0.1) is 0 Å². The number of nitrogens with one attached hydrogen (secondary N) is 2. The quantitative estimate of drug-likeness (QED) is 0.521. The number of benzene rings is 1. The van der Waals surface area contributed by atoms with Gasteiger partial charge >= 0.3 is 0 Å². The predicted octanol–water partition coefficient (Wildman–Crippen LogP) is 2.58. The highest BCUT2D eigenvalue weighted by atomic mass is 16.3. The lowest BCUT2D eigenvalue weighted by atomic mass is 9.99. The number of H-pyrrole nitrogens is 1. The van der Waals surface area contributed by atoms with Crippen LogP contribution in [0.1, 0.15) is 69.4 Å². The number of para-hydroxylation sites is 1. The zero-order valence-electron chi connectivity index (χ0n) is 18.6. The molecule has 0 bridgehead atoms. The molecule has 8 nitrogen and oxygen atoms in total. The van der Waals surface area contributed by atoms with Crippen LogP contribution in [0.25, 0.3) is 10.9 Å². The topological polar surface area (TPSA) is 111 Å². The maximum Gasteiger partial charge on any atom is 0.274 e. The second-order valence-electron chi connectivity index (χ2n) is 8.92. The third kappa shape index (κ3) is 4.23. The lowest BCUT2D eigenvalue weighted by molar-refractivity contribution is 0.0783. The maximum absolute atomic E-state index is 13.3. The van der Waals surface area contributed by atoms with Gasteiger partial charge in [0, 0.05) is 47.9 Å². The monoisotopic (exact) mass is 447 g/mol. The zero-order chi connectivity index (χ0) is 22.8. The van der Waals surface area contributed by atoms with Crippen LogP contribution < -0.4 is 5.32 Å². The number of rotatable bonds is 5. The molecule has 2 aromatic heterocycles. The molecule has 1 aliphatic carbocycles. The maximum atomic E-state index is 13.3. The number of nitrogens with zero attached hydrogens (tertiary/aromatic N) is 3. The van der Waals surface area contributed by atoms with E-state index < -0.39 is 0 Å². The van der Waals surface area contributed by atoms with Gasteiger partial charge in [-0.05, 0) is 44.2 Å². The van der Waals surface area contributed by atoms with E-state index in [1.807, 2.05) is 35.2 Å². The molecular formula is C25H29N5O3. The second kappa shape index (κ2) is 9.31. The van der Waals surface area contributed by atoms with E-state index in [4.69, 9.17) is 10.1 Å². The number of hydrogen-bond donors (Lipinski definition) is 3. The lowest BCUT2D eigenvalue weighted by Crippen LogP contribution is -2.30. The SMILES string of the molecule is O=C(NCCO)c1cc([C@H]2CCN(C(=O)c3n[nH]c4c3CCCCC4)C2)nc2ccccc12. The van der Waals surface area contributed by atoms with Crippen molar-refractivity contribution >= 4 is 22.7 Å². The van der Waals surface area contributed by atoms with Gasteiger partial charge < -0.3 is 15.3 Å². The second-order valence-corrected chi connectivity index (χ2v) is 8.92. The van der Waals surface area contributed by atoms with E-state index in [9.17, 15) is 9.59 Å². The van der Waals surface area contributed by atoms with Gasteiger partial charge in [0.2, 0.25) is 0 Å². The highest BCUT2D eigenvalue weighted by Gasteiger charge is 2.32. The smallest absolute Gasteiger partial charge is 0.274 e. The Balaban J connectivity index is 1.39. The van der Waals surface area contributed by atoms with Crippen molar-refractivity contribution in [3.63, 3.8) is 0 Å². The molecule has 2 aliphatic rings. The number of pyridine rings is 1. The fraction of sp³-hybridized carbons (Fsp3) is 0.440. The fourth-order valence-corrected chi connectivity index (χ4v) is 5.03. The number of fused-ring (bicyclic) bond motifs is 2. The normalized spacial score (nSPS) is 18.2. The Morgan fingerprint density at radius 1 is 1.18 bits per heavy atom. The molecule has 1 fully saturated rings. The molecule has 8 heteroatoms. The number of likely N-dealkylation sites (tertiary alicyclic amines) is 1. The fourth-order valence-electron chi connectivity index (χ4n) is 5.03. The number of carbonyl (C=O) groups is 2. The molecule has 3 heterocycles. The minimum absolute atomic E-state index is 0.0152. The first-order chi connectivity index (χ1) is 16.2. The minimum atomic E-state index is -0.228. The Kier molecular flexibility index (Phi) is 6.09. The van der Waals surface area contributed by atoms with Crippen LogP contribution in [0.15, 0.2) is 30.3 Å². The third-order valence-electron chi connectivity index (χ3n) is 6.78. The average molecular weight is 448 g/mol. The van der Waals surface area contributed by atoms with Crippen LogP contribution in [0.3, 0.4) is 0 Å². The number of carbonyl (C=O) groups excluding carboxylic acids is 2. The standard InChI is InChI=1S/C25H29N5O3/c31-13-11-26-24(32)19-14-22(27-20-8-5-4-6-17(19)20)16-10-12-30(15-16)25(33)23-18-7-2-1-3-9-21(18)28-29-23/h4-6,8,14,16,31H,1-3,7,9-13,15H2,(H,26,32)(H,28,29)/t16-/m0/s1. The summed E-state index contributed by atoms with van der Waals surface area (Å²) in [5.41, 5.74) is 4.90. The highest BCUT2D eigenvalue weighted by molar-refractivity contribution is 6.06. The largest absolute Gasteiger partial charge is 0.395 e. The number of aryl methyl sites for hydroxylation is 1. The first kappa shape index (κ1) is 21.6. The van der Waals surface area contributed by atoms with Gasteiger partial charge in [0.1, 0.15) is 0 Å². The number of aromatic amines is 1. The molecule has 1 saturated heterocycles. The summed E-state index contributed by atoms with van der Waals surface area (Å²) in [6.07, 6.45) is 6.07. The van der Waals surface area contributed by atoms with Crippen molar-refractivity contribution in [1.29, 1.82) is 0 Å². The average Bonchev–Trinajstić information content (AvgIpc) is 3.43. The summed E-state index contributed by atoms with van der Waals surface area (Å²) in [4.78, 5) is 32.8. The Hall–Kier alpha value is -3.26. The van der Waals surface area contributed by atoms with Crippen molar-refractivity contribution in [3.8, 4) is 0 Å². The summed E-state index contributed by atoms with van der Waals surface area (Å²) < 4.78 is 0. The molecule has 5 rings (SSSR count). The van der Waals surface area contributed by atoms with E-state index in [2.05, 4.69) is 15.5 Å². The third-order valence-corrected chi connectivity index (χ3v) is 6.78. The molecule has 0 spiro atoms. The van der Waals surface area contributed by atoms with Gasteiger partial charge in [-0.2, -0.15) is 5.10 Å². The van der Waals surface area contributed by atoms with Gasteiger partial charge in [0.05, 0.1) is 17.7 Å². The van der Waals surface area contributed by atoms with E-state index in [1.165, 1.54) is 6.42 Å². The minimum Gasteiger partial charge on any atom is -0.395 e. The van der Waals surface area contributed by atoms with E-state index in [1.54, 1.807) is 0 Å². The predicted molar refractivity (Wildman–Crippen MR) is 124 cm³/mol. The van der Waals surface area contributed by atoms with E-state index >= 15 is 0 Å². The summed E-state index contributed by atoms with van der Waals surface area (Å²) in [5.74, 6) is -0.187. The molecule has 0 radical (unpaired) electrons. The molecule has 0 saturated carbocycles. The molecule has 172 valence electrons. The van der Waals surface area contributed by atoms with Gasteiger partial charge in [-0.25, -0.2) is 0 Å². The van der Waals surface area contributed by atoms with E-state index in [0.717, 1.165) is 60.0 Å². The number of hydrogen-bond acceptors (Lipinski definition) is 5. The Morgan fingerprint density at radius 2 is 2.03 bits per heavy atom. The molecule has 1 atom stereocenters. The molecule has 1 aromatic carbocycles. The highest BCUT2D eigenvalue weighted by Crippen LogP contribution is 2.31. The van der Waals surface area contributed by atoms with Crippen molar-refractivity contribution in [1.82, 2.24) is 25.4 Å². The van der Waals surface area contributed by atoms with Gasteiger partial charge in [-0.1, -0.05) is 24.6 Å². The molecule has 33 heavy (non-hydrogen) atoms. The molecule has 1 aliphatic heterocycles. The number of aromatic nitrogens is 3. The van der Waals surface area contributed by atoms with Crippen LogP contribution in [-0.2, 0) is 12.8 Å². The number of amides is 2. The van der Waals surface area contributed by atoms with E-state index in [0.29, 0.717) is 24.3 Å². The molecule has 0 unspecified atom stereocenters. The van der Waals surface area contributed by atoms with Gasteiger partial charge in [0.15, 0.2) is 5.69 Å². The van der Waals surface area contributed by atoms with Crippen LogP contribution in [0.5, 0.6) is 0 Å². The van der Waals surface area contributed by atoms with Crippen LogP contribution in [0, 0.1) is 0 Å². The number of aliphatic hydroxyl groups is 1. The summed E-state index contributed by atoms with van der Waals surface area (Å²) in [7, 11) is 0. The Labute approximate surface area is 192 Å². The Bertz CT molecular complexity index is 1190. The van der Waals surface area contributed by atoms with Crippen molar-refractivity contribution in [2.24, 2.45) is 0 Å². The van der Waals surface area contributed by atoms with Crippen LogP contribution in [0.2, 0.25) is 0 Å². The molecule has 3 aromatic rings. The van der Waals surface area contributed by atoms with Gasteiger partial charge in [-0.3, -0.25) is 19.7 Å². The van der Waals surface area contributed by atoms with Crippen LogP contribution >= 0.6 is 0 Å². The molecule has 3 N–H and O–H groups in total. The molecular weight excluding hydrogens is 418 g/mol. The van der Waals surface area contributed by atoms with Crippen molar-refractivity contribution in [3.05, 3.63) is 58.5 Å². The summed E-state index contributed by atoms with van der Waals surface area (Å²) >= 11 is 0. The lowest BCUT2D eigenvalue weighted by Gasteiger charge is -2.17. The van der Waals surface area contributed by atoms with Crippen LogP contribution in [-0.4, -0.2) is 63.2 Å². The van der Waals surface area contributed by atoms with Crippen molar-refractivity contribution in [2.45, 2.75) is 44.4 Å². The first-order valence-electron chi connectivity index (χ1n) is 11.8. The zero-order valence-corrected chi connectivity index (χ0v) is 18.6. The van der Waals surface area contributed by atoms with Crippen LogP contribution in [0.4, 0.5) is 0 Å². The first-order valence-corrected chi connectivity index (χ1v) is 11.8. The molecule has 2 amide bonds. The van der Waals surface area contributed by atoms with E-state index in [-0.39, 0.29) is 30.9 Å². The summed E-state index contributed by atoms with van der Waals surface area (Å²) in [6.45, 7) is 1.29. The van der Waals surface area contributed by atoms with Crippen molar-refractivity contribution in [2.75, 3.05) is 26.2 Å². The summed E-state index contributed by atoms with van der Waals surface area (Å²) in [5, 5.41) is 20.1. The summed E-state index contributed by atoms with van der Waals surface area (Å²) in [6, 6.07) is 9.41. The van der Waals surface area contributed by atoms with Gasteiger partial charge in [0.25, 0.3) is 11.8 Å². The van der Waals surface area contributed by atoms with Crippen molar-refractivity contribution < 1.29 is 14.7 Å².